The number of thioether (sulfide) groups is 2. The Labute approximate surface area is 103 Å². The summed E-state index contributed by atoms with van der Waals surface area (Å²) >= 11 is 4.22. The molecule has 1 saturated heterocycles. The fraction of sp³-hybridized carbons (Fsp3) is 1.00. The lowest BCUT2D eigenvalue weighted by Crippen LogP contribution is -2.44. The van der Waals surface area contributed by atoms with Gasteiger partial charge in [0.25, 0.3) is 0 Å². The third-order valence-corrected chi connectivity index (χ3v) is 7.13. The van der Waals surface area contributed by atoms with Crippen molar-refractivity contribution in [2.24, 2.45) is 11.7 Å². The maximum atomic E-state index is 6.39. The van der Waals surface area contributed by atoms with Crippen LogP contribution >= 0.6 is 23.5 Å². The third kappa shape index (κ3) is 3.57. The van der Waals surface area contributed by atoms with Gasteiger partial charge in [0.15, 0.2) is 0 Å². The van der Waals surface area contributed by atoms with Gasteiger partial charge in [0, 0.05) is 27.5 Å². The molecule has 0 radical (unpaired) electrons. The molecule has 15 heavy (non-hydrogen) atoms. The van der Waals surface area contributed by atoms with Gasteiger partial charge >= 0.3 is 0 Å². The van der Waals surface area contributed by atoms with E-state index < -0.39 is 0 Å². The Morgan fingerprint density at radius 1 is 1.20 bits per heavy atom. The zero-order valence-electron chi connectivity index (χ0n) is 10.4. The molecule has 1 fully saturated rings. The SMILES string of the molecule is CCC(CC)C(N)C1CSC(C)C(C)S1. The van der Waals surface area contributed by atoms with Gasteiger partial charge in [-0.25, -0.2) is 0 Å². The first-order chi connectivity index (χ1) is 7.10. The molecule has 0 aromatic carbocycles. The van der Waals surface area contributed by atoms with E-state index in [0.29, 0.717) is 17.2 Å². The molecule has 4 unspecified atom stereocenters. The quantitative estimate of drug-likeness (QED) is 0.825. The number of hydrogen-bond acceptors (Lipinski definition) is 3. The van der Waals surface area contributed by atoms with E-state index >= 15 is 0 Å². The van der Waals surface area contributed by atoms with Gasteiger partial charge in [0.05, 0.1) is 0 Å². The molecule has 1 nitrogen and oxygen atoms in total. The zero-order chi connectivity index (χ0) is 11.4. The molecule has 2 N–H and O–H groups in total. The normalized spacial score (nSPS) is 34.4. The first-order valence-electron chi connectivity index (χ1n) is 6.12. The molecule has 3 heteroatoms. The molecule has 1 aliphatic heterocycles. The van der Waals surface area contributed by atoms with Crippen molar-refractivity contribution in [2.45, 2.75) is 62.3 Å². The lowest BCUT2D eigenvalue weighted by Gasteiger charge is -2.37. The second-order valence-electron chi connectivity index (χ2n) is 4.57. The van der Waals surface area contributed by atoms with Crippen LogP contribution in [0, 0.1) is 5.92 Å². The van der Waals surface area contributed by atoms with Crippen molar-refractivity contribution < 1.29 is 0 Å². The zero-order valence-corrected chi connectivity index (χ0v) is 12.0. The highest BCUT2D eigenvalue weighted by atomic mass is 32.2. The minimum atomic E-state index is 0.396. The molecule has 0 aromatic heterocycles. The Morgan fingerprint density at radius 2 is 1.80 bits per heavy atom. The van der Waals surface area contributed by atoms with E-state index in [1.54, 1.807) is 0 Å². The summed E-state index contributed by atoms with van der Waals surface area (Å²) in [6.07, 6.45) is 2.45. The Bertz CT molecular complexity index is 182. The second kappa shape index (κ2) is 6.41. The highest BCUT2D eigenvalue weighted by Gasteiger charge is 2.32. The maximum absolute atomic E-state index is 6.39. The molecule has 1 rings (SSSR count). The van der Waals surface area contributed by atoms with Gasteiger partial charge in [-0.2, -0.15) is 23.5 Å². The average Bonchev–Trinajstić information content (AvgIpc) is 2.23. The molecule has 0 aliphatic carbocycles. The molecule has 0 aromatic rings. The molecule has 90 valence electrons. The molecule has 0 amide bonds. The lowest BCUT2D eigenvalue weighted by atomic mass is 9.93. The van der Waals surface area contributed by atoms with Crippen molar-refractivity contribution in [1.82, 2.24) is 0 Å². The molecule has 4 atom stereocenters. The van der Waals surface area contributed by atoms with E-state index in [0.717, 1.165) is 10.5 Å². The van der Waals surface area contributed by atoms with Gasteiger partial charge in [-0.3, -0.25) is 0 Å². The van der Waals surface area contributed by atoms with Gasteiger partial charge in [-0.15, -0.1) is 0 Å². The molecule has 0 saturated carbocycles. The molecule has 0 spiro atoms. The molecule has 1 aliphatic rings. The van der Waals surface area contributed by atoms with Crippen molar-refractivity contribution in [2.75, 3.05) is 5.75 Å². The molecule has 1 heterocycles. The van der Waals surface area contributed by atoms with Crippen molar-refractivity contribution in [3.05, 3.63) is 0 Å². The van der Waals surface area contributed by atoms with Crippen molar-refractivity contribution >= 4 is 23.5 Å². The Morgan fingerprint density at radius 3 is 2.27 bits per heavy atom. The second-order valence-corrected chi connectivity index (χ2v) is 7.60. The van der Waals surface area contributed by atoms with Crippen LogP contribution in [0.1, 0.15) is 40.5 Å². The van der Waals surface area contributed by atoms with Gasteiger partial charge in [0.2, 0.25) is 0 Å². The lowest BCUT2D eigenvalue weighted by molar-refractivity contribution is 0.394. The first kappa shape index (κ1) is 13.7. The number of hydrogen-bond donors (Lipinski definition) is 1. The maximum Gasteiger partial charge on any atom is 0.0295 e. The van der Waals surface area contributed by atoms with Crippen LogP contribution in [-0.2, 0) is 0 Å². The summed E-state index contributed by atoms with van der Waals surface area (Å²) in [5, 5.41) is 2.22. The summed E-state index contributed by atoms with van der Waals surface area (Å²) in [5.41, 5.74) is 6.39. The summed E-state index contributed by atoms with van der Waals surface area (Å²) in [6.45, 7) is 9.21. The standard InChI is InChI=1S/C12H25NS2/c1-5-10(6-2)12(13)11-7-14-8(3)9(4)15-11/h8-12H,5-7,13H2,1-4H3. The van der Waals surface area contributed by atoms with E-state index in [1.165, 1.54) is 18.6 Å². The monoisotopic (exact) mass is 247 g/mol. The van der Waals surface area contributed by atoms with Crippen LogP contribution in [0.25, 0.3) is 0 Å². The summed E-state index contributed by atoms with van der Waals surface area (Å²) in [7, 11) is 0. The van der Waals surface area contributed by atoms with Crippen molar-refractivity contribution in [3.63, 3.8) is 0 Å². The summed E-state index contributed by atoms with van der Waals surface area (Å²) in [4.78, 5) is 0. The highest BCUT2D eigenvalue weighted by molar-refractivity contribution is 8.07. The predicted molar refractivity (Wildman–Crippen MR) is 74.8 cm³/mol. The van der Waals surface area contributed by atoms with E-state index in [2.05, 4.69) is 51.2 Å². The minimum Gasteiger partial charge on any atom is -0.326 e. The van der Waals surface area contributed by atoms with Crippen molar-refractivity contribution in [1.29, 1.82) is 0 Å². The molecule has 0 bridgehead atoms. The third-order valence-electron chi connectivity index (χ3n) is 3.60. The average molecular weight is 247 g/mol. The van der Waals surface area contributed by atoms with Crippen LogP contribution < -0.4 is 5.73 Å². The highest BCUT2D eigenvalue weighted by Crippen LogP contribution is 2.38. The van der Waals surface area contributed by atoms with Crippen molar-refractivity contribution in [3.8, 4) is 0 Å². The van der Waals surface area contributed by atoms with Crippen LogP contribution in [0.4, 0.5) is 0 Å². The fourth-order valence-corrected chi connectivity index (χ4v) is 5.29. The van der Waals surface area contributed by atoms with Crippen LogP contribution in [0.3, 0.4) is 0 Å². The Kier molecular flexibility index (Phi) is 5.86. The minimum absolute atomic E-state index is 0.396. The topological polar surface area (TPSA) is 26.0 Å². The number of rotatable bonds is 4. The summed E-state index contributed by atoms with van der Waals surface area (Å²) in [6, 6.07) is 0.396. The van der Waals surface area contributed by atoms with Gasteiger partial charge in [-0.05, 0) is 5.92 Å². The molecular weight excluding hydrogens is 222 g/mol. The van der Waals surface area contributed by atoms with E-state index in [9.17, 15) is 0 Å². The first-order valence-corrected chi connectivity index (χ1v) is 8.11. The van der Waals surface area contributed by atoms with E-state index in [1.807, 2.05) is 0 Å². The Balaban J connectivity index is 2.49. The van der Waals surface area contributed by atoms with Gasteiger partial charge in [0.1, 0.15) is 0 Å². The van der Waals surface area contributed by atoms with Gasteiger partial charge in [-0.1, -0.05) is 40.5 Å². The number of nitrogens with two attached hydrogens (primary N) is 1. The van der Waals surface area contributed by atoms with Crippen LogP contribution in [0.5, 0.6) is 0 Å². The van der Waals surface area contributed by atoms with Crippen LogP contribution in [0.15, 0.2) is 0 Å². The predicted octanol–water partition coefficient (Wildman–Crippen LogP) is 3.38. The summed E-state index contributed by atoms with van der Waals surface area (Å²) < 4.78 is 0. The Hall–Kier alpha value is 0.660. The molecular formula is C12H25NS2. The van der Waals surface area contributed by atoms with Gasteiger partial charge < -0.3 is 5.73 Å². The summed E-state index contributed by atoms with van der Waals surface area (Å²) in [5.74, 6) is 1.96. The van der Waals surface area contributed by atoms with E-state index in [-0.39, 0.29) is 0 Å². The fourth-order valence-electron chi connectivity index (χ4n) is 2.15. The van der Waals surface area contributed by atoms with Crippen LogP contribution in [0.2, 0.25) is 0 Å². The van der Waals surface area contributed by atoms with E-state index in [4.69, 9.17) is 5.73 Å². The smallest absolute Gasteiger partial charge is 0.0295 e. The van der Waals surface area contributed by atoms with Crippen LogP contribution in [-0.4, -0.2) is 27.5 Å². The largest absolute Gasteiger partial charge is 0.326 e.